The van der Waals surface area contributed by atoms with Gasteiger partial charge in [0.15, 0.2) is 0 Å². The van der Waals surface area contributed by atoms with Crippen LogP contribution in [0, 0.1) is 0 Å². The first-order chi connectivity index (χ1) is 27.8. The van der Waals surface area contributed by atoms with E-state index in [0.29, 0.717) is 0 Å². The Morgan fingerprint density at radius 2 is 0.750 bits per heavy atom. The van der Waals surface area contributed by atoms with E-state index >= 15 is 0 Å². The number of nitrogens with zero attached hydrogens (tertiary/aromatic N) is 2. The van der Waals surface area contributed by atoms with Crippen LogP contribution in [0.15, 0.2) is 231 Å². The van der Waals surface area contributed by atoms with Gasteiger partial charge in [0.2, 0.25) is 0 Å². The zero-order valence-corrected chi connectivity index (χ0v) is 30.8. The van der Waals surface area contributed by atoms with Crippen molar-refractivity contribution in [2.45, 2.75) is 0 Å². The second-order valence-corrected chi connectivity index (χ2v) is 14.2. The predicted octanol–water partition coefficient (Wildman–Crippen LogP) is 14.9. The van der Waals surface area contributed by atoms with E-state index in [-0.39, 0.29) is 0 Å². The van der Waals surface area contributed by atoms with Gasteiger partial charge in [-0.25, -0.2) is 0 Å². The van der Waals surface area contributed by atoms with Gasteiger partial charge in [0.25, 0.3) is 0 Å². The molecule has 1 aromatic heterocycles. The van der Waals surface area contributed by atoms with Crippen molar-refractivity contribution in [1.82, 2.24) is 4.57 Å². The summed E-state index contributed by atoms with van der Waals surface area (Å²) in [5.74, 6) is 0. The van der Waals surface area contributed by atoms with E-state index in [2.05, 4.69) is 240 Å². The Bertz CT molecular complexity index is 2870. The van der Waals surface area contributed by atoms with Crippen LogP contribution in [0.5, 0.6) is 0 Å². The van der Waals surface area contributed by atoms with Crippen LogP contribution in [-0.4, -0.2) is 4.57 Å². The lowest BCUT2D eigenvalue weighted by Gasteiger charge is -2.28. The van der Waals surface area contributed by atoms with E-state index in [4.69, 9.17) is 0 Å². The zero-order chi connectivity index (χ0) is 37.3. The molecule has 9 aromatic carbocycles. The summed E-state index contributed by atoms with van der Waals surface area (Å²) >= 11 is 0. The maximum absolute atomic E-state index is 2.43. The van der Waals surface area contributed by atoms with Crippen LogP contribution in [-0.2, 0) is 0 Å². The molecule has 0 atom stereocenters. The molecule has 0 amide bonds. The zero-order valence-electron chi connectivity index (χ0n) is 30.8. The summed E-state index contributed by atoms with van der Waals surface area (Å²) in [5.41, 5.74) is 16.3. The highest BCUT2D eigenvalue weighted by Gasteiger charge is 2.20. The molecule has 0 aliphatic heterocycles. The molecule has 0 bridgehead atoms. The van der Waals surface area contributed by atoms with Gasteiger partial charge in [-0.15, -0.1) is 0 Å². The molecule has 0 saturated heterocycles. The first-order valence-electron chi connectivity index (χ1n) is 19.2. The third-order valence-corrected chi connectivity index (χ3v) is 10.8. The lowest BCUT2D eigenvalue weighted by atomic mass is 9.98. The van der Waals surface area contributed by atoms with E-state index in [1.54, 1.807) is 0 Å². The monoisotopic (exact) mass is 714 g/mol. The third-order valence-electron chi connectivity index (χ3n) is 10.8. The number of benzene rings is 9. The first-order valence-corrected chi connectivity index (χ1v) is 19.2. The van der Waals surface area contributed by atoms with E-state index in [0.717, 1.165) is 22.7 Å². The quantitative estimate of drug-likeness (QED) is 0.152. The summed E-state index contributed by atoms with van der Waals surface area (Å²) in [6, 6.07) is 83.1. The van der Waals surface area contributed by atoms with Gasteiger partial charge in [0.05, 0.1) is 16.7 Å². The van der Waals surface area contributed by atoms with E-state index in [1.165, 1.54) is 66.3 Å². The molecule has 10 rings (SSSR count). The molecular weight excluding hydrogens is 677 g/mol. The number of rotatable bonds is 8. The fourth-order valence-electron chi connectivity index (χ4n) is 8.10. The van der Waals surface area contributed by atoms with Crippen LogP contribution in [0.3, 0.4) is 0 Å². The molecule has 10 aromatic rings. The Labute approximate surface area is 327 Å². The summed E-state index contributed by atoms with van der Waals surface area (Å²) in [6.07, 6.45) is 0. The van der Waals surface area contributed by atoms with E-state index in [9.17, 15) is 0 Å². The van der Waals surface area contributed by atoms with Crippen LogP contribution in [0.1, 0.15) is 0 Å². The molecule has 0 fully saturated rings. The van der Waals surface area contributed by atoms with E-state index in [1.807, 2.05) is 0 Å². The molecule has 2 nitrogen and oxygen atoms in total. The van der Waals surface area contributed by atoms with Crippen molar-refractivity contribution < 1.29 is 0 Å². The highest BCUT2D eigenvalue weighted by Crippen LogP contribution is 2.43. The summed E-state index contributed by atoms with van der Waals surface area (Å²) < 4.78 is 2.43. The SMILES string of the molecule is c1ccc(-c2ccc(N(c3ccccc3)c3ccccc3-c3ccc4c(c3)c3ccccc3n4-c3cc(-c4ccccc4)cc(-c4ccccc4)c3)cc2)cc1. The Kier molecular flexibility index (Phi) is 8.55. The average molecular weight is 715 g/mol. The summed E-state index contributed by atoms with van der Waals surface area (Å²) in [7, 11) is 0. The second kappa shape index (κ2) is 14.4. The fourth-order valence-corrected chi connectivity index (χ4v) is 8.10. The normalized spacial score (nSPS) is 11.2. The molecule has 264 valence electrons. The molecule has 2 heteroatoms. The molecule has 0 radical (unpaired) electrons. The predicted molar refractivity (Wildman–Crippen MR) is 237 cm³/mol. The van der Waals surface area contributed by atoms with Gasteiger partial charge in [-0.2, -0.15) is 0 Å². The number of aromatic nitrogens is 1. The minimum Gasteiger partial charge on any atom is -0.310 e. The molecule has 0 spiro atoms. The Hall–Kier alpha value is -7.42. The standard InChI is InChI=1S/C54H38N2/c1-5-17-39(18-6-1)42-29-32-47(33-30-42)55(46-23-11-4-12-24-46)52-27-15-13-25-49(52)43-31-34-54-51(38-43)50-26-14-16-28-53(50)56(54)48-36-44(40-19-7-2-8-20-40)35-45(37-48)41-21-9-3-10-22-41/h1-38H. The molecule has 0 saturated carbocycles. The molecular formula is C54H38N2. The lowest BCUT2D eigenvalue weighted by molar-refractivity contribution is 1.18. The Morgan fingerprint density at radius 1 is 0.286 bits per heavy atom. The third kappa shape index (κ3) is 6.14. The Balaban J connectivity index is 1.14. The number of anilines is 3. The number of hydrogen-bond donors (Lipinski definition) is 0. The van der Waals surface area contributed by atoms with Crippen molar-refractivity contribution in [2.24, 2.45) is 0 Å². The number of hydrogen-bond acceptors (Lipinski definition) is 1. The Morgan fingerprint density at radius 3 is 1.39 bits per heavy atom. The summed E-state index contributed by atoms with van der Waals surface area (Å²) in [5, 5.41) is 2.45. The van der Waals surface area contributed by atoms with Crippen molar-refractivity contribution in [3.63, 3.8) is 0 Å². The van der Waals surface area contributed by atoms with Gasteiger partial charge in [-0.1, -0.05) is 164 Å². The summed E-state index contributed by atoms with van der Waals surface area (Å²) in [6.45, 7) is 0. The van der Waals surface area contributed by atoms with Crippen LogP contribution in [0.4, 0.5) is 17.1 Å². The van der Waals surface area contributed by atoms with Gasteiger partial charge < -0.3 is 9.47 Å². The van der Waals surface area contributed by atoms with Crippen LogP contribution in [0.25, 0.3) is 72.0 Å². The minimum absolute atomic E-state index is 1.11. The smallest absolute Gasteiger partial charge is 0.0541 e. The second-order valence-electron chi connectivity index (χ2n) is 14.2. The highest BCUT2D eigenvalue weighted by molar-refractivity contribution is 6.11. The maximum Gasteiger partial charge on any atom is 0.0541 e. The van der Waals surface area contributed by atoms with Crippen LogP contribution in [0.2, 0.25) is 0 Å². The van der Waals surface area contributed by atoms with Crippen molar-refractivity contribution in [1.29, 1.82) is 0 Å². The topological polar surface area (TPSA) is 8.17 Å². The minimum atomic E-state index is 1.11. The van der Waals surface area contributed by atoms with Crippen LogP contribution < -0.4 is 4.90 Å². The first kappa shape index (κ1) is 33.2. The fraction of sp³-hybridized carbons (Fsp3) is 0. The molecule has 1 heterocycles. The van der Waals surface area contributed by atoms with Gasteiger partial charge in [-0.05, 0) is 106 Å². The van der Waals surface area contributed by atoms with Gasteiger partial charge in [-0.3, -0.25) is 0 Å². The number of fused-ring (bicyclic) bond motifs is 3. The van der Waals surface area contributed by atoms with Crippen molar-refractivity contribution >= 4 is 38.9 Å². The molecule has 0 N–H and O–H groups in total. The molecule has 0 aliphatic rings. The molecule has 0 unspecified atom stereocenters. The van der Waals surface area contributed by atoms with E-state index < -0.39 is 0 Å². The molecule has 56 heavy (non-hydrogen) atoms. The lowest BCUT2D eigenvalue weighted by Crippen LogP contribution is -2.11. The number of para-hydroxylation sites is 3. The molecule has 0 aliphatic carbocycles. The highest BCUT2D eigenvalue weighted by atomic mass is 15.1. The summed E-state index contributed by atoms with van der Waals surface area (Å²) in [4.78, 5) is 2.37. The van der Waals surface area contributed by atoms with Crippen LogP contribution >= 0.6 is 0 Å². The van der Waals surface area contributed by atoms with Gasteiger partial charge in [0, 0.05) is 33.4 Å². The largest absolute Gasteiger partial charge is 0.310 e. The maximum atomic E-state index is 2.43. The van der Waals surface area contributed by atoms with Crippen molar-refractivity contribution in [3.05, 3.63) is 231 Å². The van der Waals surface area contributed by atoms with Gasteiger partial charge in [0.1, 0.15) is 0 Å². The average Bonchev–Trinajstić information content (AvgIpc) is 3.62. The van der Waals surface area contributed by atoms with Crippen molar-refractivity contribution in [3.8, 4) is 50.2 Å². The van der Waals surface area contributed by atoms with Crippen molar-refractivity contribution in [2.75, 3.05) is 4.90 Å². The van der Waals surface area contributed by atoms with Gasteiger partial charge >= 0.3 is 0 Å².